The van der Waals surface area contributed by atoms with Gasteiger partial charge in [-0.05, 0) is 35.1 Å². The minimum atomic E-state index is -0.505. The van der Waals surface area contributed by atoms with Gasteiger partial charge in [-0.15, -0.1) is 0 Å². The van der Waals surface area contributed by atoms with Gasteiger partial charge >= 0.3 is 0 Å². The van der Waals surface area contributed by atoms with E-state index in [9.17, 15) is 5.11 Å². The van der Waals surface area contributed by atoms with Gasteiger partial charge in [0.15, 0.2) is 0 Å². The van der Waals surface area contributed by atoms with E-state index >= 15 is 0 Å². The van der Waals surface area contributed by atoms with Gasteiger partial charge in [0.05, 0.1) is 13.2 Å². The Labute approximate surface area is 127 Å². The lowest BCUT2D eigenvalue weighted by molar-refractivity contribution is 0.177. The highest BCUT2D eigenvalue weighted by molar-refractivity contribution is 5.35. The summed E-state index contributed by atoms with van der Waals surface area (Å²) < 4.78 is 5.33. The fraction of sp³-hybridized carbons (Fsp3) is 0.368. The second-order valence-electron chi connectivity index (χ2n) is 5.87. The van der Waals surface area contributed by atoms with Crippen molar-refractivity contribution in [3.63, 3.8) is 0 Å². The molecular formula is C19H24O2. The molecule has 2 heteroatoms. The zero-order chi connectivity index (χ0) is 15.2. The first-order valence-corrected chi connectivity index (χ1v) is 7.49. The fourth-order valence-corrected chi connectivity index (χ4v) is 2.55. The lowest BCUT2D eigenvalue weighted by atomic mass is 9.97. The number of methoxy groups -OCH3 is 1. The van der Waals surface area contributed by atoms with Crippen molar-refractivity contribution in [1.82, 2.24) is 0 Å². The van der Waals surface area contributed by atoms with Gasteiger partial charge in [-0.1, -0.05) is 56.3 Å². The summed E-state index contributed by atoms with van der Waals surface area (Å²) in [4.78, 5) is 0. The minimum Gasteiger partial charge on any atom is -0.496 e. The smallest absolute Gasteiger partial charge is 0.122 e. The third-order valence-corrected chi connectivity index (χ3v) is 3.61. The standard InChI is InChI=1S/C19H24O2/c1-14(2)12-15-8-10-16(11-9-15)18(20)13-17-6-4-5-7-19(17)21-3/h4-11,14,18,20H,12-13H2,1-3H3. The van der Waals surface area contributed by atoms with Crippen molar-refractivity contribution in [2.45, 2.75) is 32.8 Å². The van der Waals surface area contributed by atoms with E-state index in [0.717, 1.165) is 23.3 Å². The molecule has 0 fully saturated rings. The molecule has 112 valence electrons. The Hall–Kier alpha value is -1.80. The van der Waals surface area contributed by atoms with Crippen molar-refractivity contribution in [2.24, 2.45) is 5.92 Å². The zero-order valence-electron chi connectivity index (χ0n) is 13.0. The molecule has 0 heterocycles. The van der Waals surface area contributed by atoms with Crippen molar-refractivity contribution in [1.29, 1.82) is 0 Å². The van der Waals surface area contributed by atoms with Crippen LogP contribution in [0.2, 0.25) is 0 Å². The van der Waals surface area contributed by atoms with Crippen LogP contribution in [0.1, 0.15) is 36.6 Å². The van der Waals surface area contributed by atoms with Crippen LogP contribution in [0.5, 0.6) is 5.75 Å². The molecule has 0 aliphatic carbocycles. The Kier molecular flexibility index (Phi) is 5.40. The number of aliphatic hydroxyl groups is 1. The molecule has 0 saturated carbocycles. The Morgan fingerprint density at radius 2 is 1.62 bits per heavy atom. The molecule has 0 radical (unpaired) electrons. The summed E-state index contributed by atoms with van der Waals surface area (Å²) in [6.45, 7) is 4.43. The van der Waals surface area contributed by atoms with Gasteiger partial charge in [0.1, 0.15) is 5.75 Å². The highest BCUT2D eigenvalue weighted by Gasteiger charge is 2.11. The van der Waals surface area contributed by atoms with Gasteiger partial charge in [-0.25, -0.2) is 0 Å². The lowest BCUT2D eigenvalue weighted by Gasteiger charge is -2.14. The van der Waals surface area contributed by atoms with E-state index < -0.39 is 6.10 Å². The van der Waals surface area contributed by atoms with E-state index in [2.05, 4.69) is 26.0 Å². The van der Waals surface area contributed by atoms with Gasteiger partial charge in [-0.3, -0.25) is 0 Å². The lowest BCUT2D eigenvalue weighted by Crippen LogP contribution is -2.04. The summed E-state index contributed by atoms with van der Waals surface area (Å²) in [5.74, 6) is 1.47. The van der Waals surface area contributed by atoms with Crippen LogP contribution in [0.4, 0.5) is 0 Å². The van der Waals surface area contributed by atoms with E-state index in [1.807, 2.05) is 36.4 Å². The molecular weight excluding hydrogens is 260 g/mol. The largest absolute Gasteiger partial charge is 0.496 e. The van der Waals surface area contributed by atoms with Crippen LogP contribution in [-0.4, -0.2) is 12.2 Å². The highest BCUT2D eigenvalue weighted by atomic mass is 16.5. The molecule has 21 heavy (non-hydrogen) atoms. The normalized spacial score (nSPS) is 12.4. The number of aliphatic hydroxyl groups excluding tert-OH is 1. The van der Waals surface area contributed by atoms with Crippen LogP contribution in [-0.2, 0) is 12.8 Å². The van der Waals surface area contributed by atoms with Crippen molar-refractivity contribution >= 4 is 0 Å². The SMILES string of the molecule is COc1ccccc1CC(O)c1ccc(CC(C)C)cc1. The molecule has 0 aliphatic heterocycles. The molecule has 1 unspecified atom stereocenters. The molecule has 2 rings (SSSR count). The van der Waals surface area contributed by atoms with Crippen LogP contribution in [0.25, 0.3) is 0 Å². The average molecular weight is 284 g/mol. The number of rotatable bonds is 6. The first kappa shape index (κ1) is 15.6. The van der Waals surface area contributed by atoms with E-state index in [4.69, 9.17) is 4.74 Å². The van der Waals surface area contributed by atoms with Crippen molar-refractivity contribution in [3.8, 4) is 5.75 Å². The summed E-state index contributed by atoms with van der Waals surface area (Å²) in [6.07, 6.45) is 1.13. The molecule has 0 bridgehead atoms. The molecule has 1 N–H and O–H groups in total. The minimum absolute atomic E-state index is 0.505. The van der Waals surface area contributed by atoms with Gasteiger partial charge < -0.3 is 9.84 Å². The Morgan fingerprint density at radius 1 is 0.952 bits per heavy atom. The second-order valence-corrected chi connectivity index (χ2v) is 5.87. The maximum atomic E-state index is 10.4. The Morgan fingerprint density at radius 3 is 2.24 bits per heavy atom. The summed E-state index contributed by atoms with van der Waals surface area (Å²) in [5.41, 5.74) is 3.30. The number of ether oxygens (including phenoxy) is 1. The van der Waals surface area contributed by atoms with Gasteiger partial charge in [0.25, 0.3) is 0 Å². The zero-order valence-corrected chi connectivity index (χ0v) is 13.0. The first-order chi connectivity index (χ1) is 10.1. The van der Waals surface area contributed by atoms with E-state index in [-0.39, 0.29) is 0 Å². The molecule has 2 aromatic carbocycles. The van der Waals surface area contributed by atoms with Crippen molar-refractivity contribution in [3.05, 3.63) is 65.2 Å². The third kappa shape index (κ3) is 4.33. The van der Waals surface area contributed by atoms with Crippen molar-refractivity contribution < 1.29 is 9.84 Å². The van der Waals surface area contributed by atoms with Gasteiger partial charge in [0.2, 0.25) is 0 Å². The number of benzene rings is 2. The van der Waals surface area contributed by atoms with E-state index in [1.165, 1.54) is 5.56 Å². The predicted molar refractivity (Wildman–Crippen MR) is 86.6 cm³/mol. The van der Waals surface area contributed by atoms with Crippen molar-refractivity contribution in [2.75, 3.05) is 7.11 Å². The molecule has 0 spiro atoms. The maximum Gasteiger partial charge on any atom is 0.122 e. The number of hydrogen-bond acceptors (Lipinski definition) is 2. The summed E-state index contributed by atoms with van der Waals surface area (Å²) >= 11 is 0. The van der Waals surface area contributed by atoms with Gasteiger partial charge in [0, 0.05) is 6.42 Å². The summed E-state index contributed by atoms with van der Waals surface area (Å²) in [6, 6.07) is 16.1. The molecule has 0 saturated heterocycles. The fourth-order valence-electron chi connectivity index (χ4n) is 2.55. The molecule has 2 aromatic rings. The molecule has 2 nitrogen and oxygen atoms in total. The molecule has 1 atom stereocenters. The quantitative estimate of drug-likeness (QED) is 0.862. The Balaban J connectivity index is 2.07. The van der Waals surface area contributed by atoms with E-state index in [0.29, 0.717) is 12.3 Å². The van der Waals surface area contributed by atoms with Crippen LogP contribution < -0.4 is 4.74 Å². The van der Waals surface area contributed by atoms with Crippen LogP contribution in [0.3, 0.4) is 0 Å². The van der Waals surface area contributed by atoms with Crippen LogP contribution in [0.15, 0.2) is 48.5 Å². The first-order valence-electron chi connectivity index (χ1n) is 7.49. The molecule has 0 aromatic heterocycles. The highest BCUT2D eigenvalue weighted by Crippen LogP contribution is 2.25. The monoisotopic (exact) mass is 284 g/mol. The topological polar surface area (TPSA) is 29.5 Å². The van der Waals surface area contributed by atoms with E-state index in [1.54, 1.807) is 7.11 Å². The average Bonchev–Trinajstić information content (AvgIpc) is 2.48. The second kappa shape index (κ2) is 7.28. The van der Waals surface area contributed by atoms with Crippen LogP contribution >= 0.6 is 0 Å². The summed E-state index contributed by atoms with van der Waals surface area (Å²) in [5, 5.41) is 10.4. The molecule has 0 aliphatic rings. The Bertz CT molecular complexity index is 558. The summed E-state index contributed by atoms with van der Waals surface area (Å²) in [7, 11) is 1.66. The number of para-hydroxylation sites is 1. The molecule has 0 amide bonds. The van der Waals surface area contributed by atoms with Crippen LogP contribution in [0, 0.1) is 5.92 Å². The number of hydrogen-bond donors (Lipinski definition) is 1. The maximum absolute atomic E-state index is 10.4. The van der Waals surface area contributed by atoms with Gasteiger partial charge in [-0.2, -0.15) is 0 Å². The predicted octanol–water partition coefficient (Wildman–Crippen LogP) is 4.17. The third-order valence-electron chi connectivity index (χ3n) is 3.61.